The van der Waals surface area contributed by atoms with Crippen LogP contribution < -0.4 is 4.74 Å². The Balaban J connectivity index is 2.97. The summed E-state index contributed by atoms with van der Waals surface area (Å²) in [4.78, 5) is 0. The van der Waals surface area contributed by atoms with Gasteiger partial charge in [-0.3, -0.25) is 0 Å². The number of ether oxygens (including phenoxy) is 1. The van der Waals surface area contributed by atoms with Gasteiger partial charge in [0, 0.05) is 18.7 Å². The van der Waals surface area contributed by atoms with E-state index in [1.165, 1.54) is 11.4 Å². The molecule has 0 radical (unpaired) electrons. The highest BCUT2D eigenvalue weighted by molar-refractivity contribution is 9.10. The van der Waals surface area contributed by atoms with Crippen molar-refractivity contribution in [3.63, 3.8) is 0 Å². The molecule has 0 spiro atoms. The minimum atomic E-state index is -3.41. The Morgan fingerprint density at radius 1 is 1.39 bits per heavy atom. The number of benzene rings is 1. The topological polar surface area (TPSA) is 66.8 Å². The van der Waals surface area contributed by atoms with Gasteiger partial charge < -0.3 is 9.84 Å². The molecular weight excluding hydrogens is 322 g/mol. The fraction of sp³-hybridized carbons (Fsp3) is 0.455. The van der Waals surface area contributed by atoms with Gasteiger partial charge in [0.25, 0.3) is 0 Å². The first-order valence-electron chi connectivity index (χ1n) is 5.31. The molecule has 1 aromatic carbocycles. The van der Waals surface area contributed by atoms with Gasteiger partial charge in [0.05, 0.1) is 13.7 Å². The van der Waals surface area contributed by atoms with E-state index in [2.05, 4.69) is 15.9 Å². The summed E-state index contributed by atoms with van der Waals surface area (Å²) in [5, 5.41) is 8.95. The minimum absolute atomic E-state index is 0.0615. The number of hydrogen-bond donors (Lipinski definition) is 1. The summed E-state index contributed by atoms with van der Waals surface area (Å²) in [5.41, 5.74) is 0.762. The van der Waals surface area contributed by atoms with Crippen LogP contribution in [0.1, 0.15) is 5.56 Å². The summed E-state index contributed by atoms with van der Waals surface area (Å²) in [6, 6.07) is 7.20. The van der Waals surface area contributed by atoms with Crippen LogP contribution in [-0.4, -0.2) is 42.8 Å². The third kappa shape index (κ3) is 3.94. The standard InChI is InChI=1S/C11H16BrNO4S/c1-17-11-5-3-2-4-10(11)8-13(6-7-14)18(15,16)9-12/h2-5,14H,6-9H2,1H3. The Hall–Kier alpha value is -0.630. The normalized spacial score (nSPS) is 11.8. The molecule has 5 nitrogen and oxygen atoms in total. The summed E-state index contributed by atoms with van der Waals surface area (Å²) < 4.78 is 29.9. The maximum Gasteiger partial charge on any atom is 0.224 e. The molecule has 0 atom stereocenters. The van der Waals surface area contributed by atoms with Crippen LogP contribution >= 0.6 is 15.9 Å². The highest BCUT2D eigenvalue weighted by Crippen LogP contribution is 2.21. The fourth-order valence-electron chi connectivity index (χ4n) is 1.52. The molecule has 18 heavy (non-hydrogen) atoms. The zero-order valence-corrected chi connectivity index (χ0v) is 12.4. The molecule has 0 aliphatic rings. The first-order chi connectivity index (χ1) is 8.55. The lowest BCUT2D eigenvalue weighted by Gasteiger charge is -2.21. The van der Waals surface area contributed by atoms with E-state index in [1.807, 2.05) is 12.1 Å². The zero-order chi connectivity index (χ0) is 13.6. The van der Waals surface area contributed by atoms with Gasteiger partial charge in [-0.15, -0.1) is 0 Å². The van der Waals surface area contributed by atoms with Crippen molar-refractivity contribution in [3.05, 3.63) is 29.8 Å². The summed E-state index contributed by atoms with van der Waals surface area (Å²) in [6.07, 6.45) is 0. The van der Waals surface area contributed by atoms with Gasteiger partial charge >= 0.3 is 0 Å². The largest absolute Gasteiger partial charge is 0.496 e. The highest BCUT2D eigenvalue weighted by atomic mass is 79.9. The van der Waals surface area contributed by atoms with E-state index < -0.39 is 10.0 Å². The van der Waals surface area contributed by atoms with E-state index in [1.54, 1.807) is 12.1 Å². The number of hydrogen-bond acceptors (Lipinski definition) is 4. The number of rotatable bonds is 7. The van der Waals surface area contributed by atoms with Gasteiger partial charge in [0.2, 0.25) is 10.0 Å². The number of methoxy groups -OCH3 is 1. The van der Waals surface area contributed by atoms with Crippen molar-refractivity contribution < 1.29 is 18.3 Å². The van der Waals surface area contributed by atoms with Crippen LogP contribution in [0.2, 0.25) is 0 Å². The van der Waals surface area contributed by atoms with Crippen LogP contribution in [0.5, 0.6) is 5.75 Å². The molecule has 1 rings (SSSR count). The number of aliphatic hydroxyl groups excluding tert-OH is 1. The van der Waals surface area contributed by atoms with E-state index >= 15 is 0 Å². The van der Waals surface area contributed by atoms with Crippen LogP contribution in [0.4, 0.5) is 0 Å². The smallest absolute Gasteiger partial charge is 0.224 e. The predicted octanol–water partition coefficient (Wildman–Crippen LogP) is 1.17. The van der Waals surface area contributed by atoms with Crippen molar-refractivity contribution >= 4 is 26.0 Å². The SMILES string of the molecule is COc1ccccc1CN(CCO)S(=O)(=O)CBr. The number of sulfonamides is 1. The van der Waals surface area contributed by atoms with Gasteiger partial charge in [-0.05, 0) is 6.07 Å². The molecule has 0 aliphatic heterocycles. The van der Waals surface area contributed by atoms with Crippen molar-refractivity contribution in [1.29, 1.82) is 0 Å². The Kier molecular flexibility index (Phi) is 6.07. The number of halogens is 1. The van der Waals surface area contributed by atoms with Gasteiger partial charge in [-0.1, -0.05) is 34.1 Å². The van der Waals surface area contributed by atoms with Gasteiger partial charge in [-0.25, -0.2) is 8.42 Å². The predicted molar refractivity (Wildman–Crippen MR) is 73.2 cm³/mol. The summed E-state index contributed by atoms with van der Waals surface area (Å²) in [7, 11) is -1.88. The second-order valence-corrected chi connectivity index (χ2v) is 6.86. The van der Waals surface area contributed by atoms with Crippen LogP contribution in [0.3, 0.4) is 0 Å². The first-order valence-corrected chi connectivity index (χ1v) is 8.04. The maximum atomic E-state index is 11.8. The first kappa shape index (κ1) is 15.4. The monoisotopic (exact) mass is 337 g/mol. The van der Waals surface area contributed by atoms with Crippen LogP contribution in [0, 0.1) is 0 Å². The minimum Gasteiger partial charge on any atom is -0.496 e. The van der Waals surface area contributed by atoms with Crippen molar-refractivity contribution in [3.8, 4) is 5.75 Å². The van der Waals surface area contributed by atoms with Crippen molar-refractivity contribution in [2.75, 3.05) is 24.9 Å². The second-order valence-electron chi connectivity index (χ2n) is 3.59. The number of para-hydroxylation sites is 1. The molecule has 0 saturated heterocycles. The summed E-state index contributed by atoms with van der Waals surface area (Å²) >= 11 is 2.95. The highest BCUT2D eigenvalue weighted by Gasteiger charge is 2.21. The molecule has 0 fully saturated rings. The van der Waals surface area contributed by atoms with E-state index in [0.29, 0.717) is 5.75 Å². The Morgan fingerprint density at radius 3 is 2.61 bits per heavy atom. The van der Waals surface area contributed by atoms with Gasteiger partial charge in [0.15, 0.2) is 0 Å². The summed E-state index contributed by atoms with van der Waals surface area (Å²) in [5.74, 6) is 0.630. The molecule has 0 bridgehead atoms. The molecule has 0 unspecified atom stereocenters. The van der Waals surface area contributed by atoms with Crippen molar-refractivity contribution in [1.82, 2.24) is 4.31 Å². The number of nitrogens with zero attached hydrogens (tertiary/aromatic N) is 1. The third-order valence-corrected chi connectivity index (χ3v) is 5.53. The molecule has 102 valence electrons. The average molecular weight is 338 g/mol. The second kappa shape index (κ2) is 7.08. The average Bonchev–Trinajstić information content (AvgIpc) is 2.38. The fourth-order valence-corrected chi connectivity index (χ4v) is 3.22. The number of aliphatic hydroxyl groups is 1. The molecule has 7 heteroatoms. The molecule has 0 saturated carbocycles. The molecule has 0 heterocycles. The molecule has 0 amide bonds. The third-order valence-electron chi connectivity index (χ3n) is 2.42. The van der Waals surface area contributed by atoms with Crippen molar-refractivity contribution in [2.24, 2.45) is 0 Å². The Morgan fingerprint density at radius 2 is 2.06 bits per heavy atom. The number of alkyl halides is 1. The molecule has 1 aromatic rings. The lowest BCUT2D eigenvalue weighted by molar-refractivity contribution is 0.250. The molecule has 0 aliphatic carbocycles. The zero-order valence-electron chi connectivity index (χ0n) is 10.0. The van der Waals surface area contributed by atoms with Crippen molar-refractivity contribution in [2.45, 2.75) is 6.54 Å². The van der Waals surface area contributed by atoms with E-state index in [-0.39, 0.29) is 24.4 Å². The summed E-state index contributed by atoms with van der Waals surface area (Å²) in [6.45, 7) is 0.0197. The Bertz CT molecular complexity index is 478. The van der Waals surface area contributed by atoms with E-state index in [4.69, 9.17) is 9.84 Å². The maximum absolute atomic E-state index is 11.8. The Labute approximate surface area is 116 Å². The van der Waals surface area contributed by atoms with Crippen LogP contribution in [0.15, 0.2) is 24.3 Å². The lowest BCUT2D eigenvalue weighted by atomic mass is 10.2. The van der Waals surface area contributed by atoms with Crippen LogP contribution in [-0.2, 0) is 16.6 Å². The quantitative estimate of drug-likeness (QED) is 0.758. The van der Waals surface area contributed by atoms with E-state index in [0.717, 1.165) is 5.56 Å². The van der Waals surface area contributed by atoms with E-state index in [9.17, 15) is 8.42 Å². The molecule has 0 aromatic heterocycles. The molecular formula is C11H16BrNO4S. The van der Waals surface area contributed by atoms with Crippen LogP contribution in [0.25, 0.3) is 0 Å². The van der Waals surface area contributed by atoms with Gasteiger partial charge in [-0.2, -0.15) is 4.31 Å². The van der Waals surface area contributed by atoms with Gasteiger partial charge in [0.1, 0.15) is 10.4 Å². The lowest BCUT2D eigenvalue weighted by Crippen LogP contribution is -2.33. The molecule has 1 N–H and O–H groups in total.